The number of imide groups is 1. The first-order valence-electron chi connectivity index (χ1n) is 46.1. The number of amides is 6. The van der Waals surface area contributed by atoms with Crippen LogP contribution in [0.3, 0.4) is 0 Å². The van der Waals surface area contributed by atoms with Crippen molar-refractivity contribution in [2.24, 2.45) is 0 Å². The van der Waals surface area contributed by atoms with E-state index in [4.69, 9.17) is 15.0 Å². The Bertz CT molecular complexity index is 5920. The third-order valence-corrected chi connectivity index (χ3v) is 27.5. The van der Waals surface area contributed by atoms with Crippen molar-refractivity contribution in [1.82, 2.24) is 74.0 Å². The van der Waals surface area contributed by atoms with Gasteiger partial charge in [-0.25, -0.2) is 0 Å². The van der Waals surface area contributed by atoms with Gasteiger partial charge >= 0.3 is 0 Å². The number of nitrogens with zero attached hydrogens (tertiary/aromatic N) is 16. The molecule has 0 N–H and O–H groups in total. The van der Waals surface area contributed by atoms with Crippen LogP contribution in [-0.4, -0.2) is 221 Å². The van der Waals surface area contributed by atoms with Gasteiger partial charge < -0.3 is 24.8 Å². The van der Waals surface area contributed by atoms with Crippen LogP contribution < -0.4 is 4.73 Å². The topological polar surface area (TPSA) is 236 Å². The van der Waals surface area contributed by atoms with Crippen LogP contribution in [0.4, 0.5) is 0 Å². The van der Waals surface area contributed by atoms with Crippen LogP contribution in [0.1, 0.15) is 173 Å². The predicted molar refractivity (Wildman–Crippen MR) is 498 cm³/mol. The van der Waals surface area contributed by atoms with Gasteiger partial charge in [-0.2, -0.15) is 4.73 Å². The van der Waals surface area contributed by atoms with Crippen molar-refractivity contribution in [2.45, 2.75) is 122 Å². The highest BCUT2D eigenvalue weighted by molar-refractivity contribution is 6.22. The van der Waals surface area contributed by atoms with Crippen molar-refractivity contribution in [3.63, 3.8) is 0 Å². The van der Waals surface area contributed by atoms with Crippen molar-refractivity contribution in [2.75, 3.05) is 111 Å². The minimum Gasteiger partial charge on any atom is -0.618 e. The standard InChI is InChI=1S/C29H28N4O3.C26H28N4O2.2C26H28N4O/c1-19-8-11-22-21(17-19)10-9-20-5-4-12-30-26(20)27(22)32-15-13-31(14-16-32)25(34)18-33-28(35)23-6-2-3-7-24(23)29(33)36;1-19-6-9-23-22(16-19)8-7-21-5-3-11-30(32)25(21)26(23)29-14-12-28(13-15-29)24(31)17-20-4-2-10-27-18-20;1-19-6-9-23-22(16-19)8-7-21-5-3-11-28-25(21)26(23)30-14-12-29(13-15-30)24(31)17-20-4-2-10-27-18-20;1-19-4-7-23-22(17-19)6-5-21-3-2-10-28-25(21)26(23)30-15-13-29(14-16-30)24(31)18-20-8-11-27-12-9-20/h2-8,11-12,17,27H,9-10,13-16,18H2,1H3;2-6,9-11,16,18,26H,7-8,12-15,17H2,1H3;2-6,9-11,16,18,26H,7-8,12-15,17H2,1H3;2-4,7-12,17,26H,5-6,13-16,18H2,1H3. The molecule has 0 bridgehead atoms. The van der Waals surface area contributed by atoms with E-state index in [-0.39, 0.29) is 54.3 Å². The quantitative estimate of drug-likeness (QED) is 0.0628. The Hall–Kier alpha value is -13.2. The number of carbonyl (C=O) groups is 6. The van der Waals surface area contributed by atoms with Crippen molar-refractivity contribution < 1.29 is 33.5 Å². The number of hydrogen-bond donors (Lipinski definition) is 0. The van der Waals surface area contributed by atoms with Gasteiger partial charge in [0.25, 0.3) is 11.8 Å². The number of fused-ring (bicyclic) bond motifs is 9. The van der Waals surface area contributed by atoms with Crippen molar-refractivity contribution in [3.05, 3.63) is 389 Å². The SMILES string of the molecule is Cc1ccc2c(c1)CCc1ccc[n+]([O-])c1C2N1CCN(C(=O)Cc2cccnc2)CC1.Cc1ccc2c(c1)CCc1cccnc1C2N1CCN(C(=O)CN2C(=O)c3ccccc3C2=O)CC1.Cc1ccc2c(c1)CCc1cccnc1C2N1CCN(C(=O)Cc2cccnc2)CC1.Cc1ccc2c(c1)CCc1cccnc1C2N1CCN(C(=O)Cc2ccncc2)CC1. The highest BCUT2D eigenvalue weighted by Gasteiger charge is 2.42. The molecule has 5 aromatic carbocycles. The molecular weight excluding hydrogens is 1620 g/mol. The molecule has 23 heteroatoms. The smallest absolute Gasteiger partial charge is 0.262 e. The summed E-state index contributed by atoms with van der Waals surface area (Å²) in [5.41, 5.74) is 29.0. The molecule has 4 aliphatic carbocycles. The molecule has 5 aliphatic heterocycles. The Morgan fingerprint density at radius 2 is 0.646 bits per heavy atom. The second kappa shape index (κ2) is 39.8. The Morgan fingerprint density at radius 3 is 1.02 bits per heavy atom. The highest BCUT2D eigenvalue weighted by atomic mass is 16.5. The third kappa shape index (κ3) is 19.4. The van der Waals surface area contributed by atoms with Gasteiger partial charge in [0, 0.05) is 172 Å². The zero-order valence-corrected chi connectivity index (χ0v) is 74.7. The maximum Gasteiger partial charge on any atom is 0.262 e. The van der Waals surface area contributed by atoms with Crippen LogP contribution in [0.2, 0.25) is 0 Å². The average Bonchev–Trinajstić information content (AvgIpc) is 1.54. The molecule has 4 saturated heterocycles. The maximum absolute atomic E-state index is 13.1. The van der Waals surface area contributed by atoms with Crippen molar-refractivity contribution in [1.29, 1.82) is 0 Å². The lowest BCUT2D eigenvalue weighted by Gasteiger charge is -2.40. The Morgan fingerprint density at radius 1 is 0.323 bits per heavy atom. The lowest BCUT2D eigenvalue weighted by Crippen LogP contribution is -2.52. The molecule has 4 atom stereocenters. The van der Waals surface area contributed by atoms with E-state index in [1.807, 2.05) is 94.0 Å². The average molecular weight is 1730 g/mol. The molecule has 4 fully saturated rings. The van der Waals surface area contributed by atoms with E-state index in [2.05, 4.69) is 159 Å². The summed E-state index contributed by atoms with van der Waals surface area (Å²) >= 11 is 0. The van der Waals surface area contributed by atoms with Gasteiger partial charge in [0.2, 0.25) is 29.3 Å². The zero-order chi connectivity index (χ0) is 89.3. The number of aryl methyl sites for hydroxylation is 12. The molecular formula is C107H112N16O7. The molecule has 130 heavy (non-hydrogen) atoms. The minimum atomic E-state index is -0.393. The first-order valence-corrected chi connectivity index (χ1v) is 46.1. The first-order chi connectivity index (χ1) is 63.5. The number of hydrogen-bond acceptors (Lipinski definition) is 17. The van der Waals surface area contributed by atoms with Crippen LogP contribution in [0.15, 0.2) is 244 Å². The molecule has 21 rings (SSSR count). The lowest BCUT2D eigenvalue weighted by atomic mass is 9.94. The van der Waals surface area contributed by atoms with E-state index in [0.29, 0.717) is 69.7 Å². The monoisotopic (exact) mass is 1730 g/mol. The molecule has 6 amide bonds. The summed E-state index contributed by atoms with van der Waals surface area (Å²) < 4.78 is 1.05. The number of pyridine rings is 7. The van der Waals surface area contributed by atoms with Crippen LogP contribution in [-0.2, 0) is 89.8 Å². The highest BCUT2D eigenvalue weighted by Crippen LogP contribution is 2.42. The maximum atomic E-state index is 13.1. The summed E-state index contributed by atoms with van der Waals surface area (Å²) in [6.07, 6.45) is 27.0. The lowest BCUT2D eigenvalue weighted by molar-refractivity contribution is -0.617. The normalized spacial score (nSPS) is 18.9. The Labute approximate surface area is 761 Å². The third-order valence-electron chi connectivity index (χ3n) is 27.5. The summed E-state index contributed by atoms with van der Waals surface area (Å²) in [5, 5.41) is 12.9. The minimum absolute atomic E-state index is 0.0489. The van der Waals surface area contributed by atoms with E-state index in [1.54, 1.807) is 72.5 Å². The van der Waals surface area contributed by atoms with Gasteiger partial charge in [-0.15, -0.1) is 0 Å². The number of carbonyl (C=O) groups excluding carboxylic acids is 6. The fourth-order valence-corrected chi connectivity index (χ4v) is 20.7. The number of rotatable bonds is 12. The van der Waals surface area contributed by atoms with Gasteiger partial charge in [-0.05, 0) is 218 Å². The summed E-state index contributed by atoms with van der Waals surface area (Å²) in [6, 6.07) is 62.1. The van der Waals surface area contributed by atoms with Crippen LogP contribution >= 0.6 is 0 Å². The van der Waals surface area contributed by atoms with Crippen LogP contribution in [0.25, 0.3) is 0 Å². The molecule has 23 nitrogen and oxygen atoms in total. The molecule has 9 aliphatic rings. The summed E-state index contributed by atoms with van der Waals surface area (Å²) in [5.74, 6) is -0.469. The van der Waals surface area contributed by atoms with Crippen LogP contribution in [0.5, 0.6) is 0 Å². The molecule has 662 valence electrons. The second-order valence-corrected chi connectivity index (χ2v) is 35.8. The first kappa shape index (κ1) is 87.5. The fourth-order valence-electron chi connectivity index (χ4n) is 20.7. The molecule has 12 aromatic rings. The van der Waals surface area contributed by atoms with Gasteiger partial charge in [-0.1, -0.05) is 138 Å². The number of aromatic nitrogens is 7. The summed E-state index contributed by atoms with van der Waals surface area (Å²) in [6.45, 7) is 20.1. The zero-order valence-electron chi connectivity index (χ0n) is 74.7. The number of benzene rings is 5. The van der Waals surface area contributed by atoms with Gasteiger partial charge in [-0.3, -0.25) is 83.2 Å². The molecule has 7 aromatic heterocycles. The largest absolute Gasteiger partial charge is 0.618 e. The summed E-state index contributed by atoms with van der Waals surface area (Å²) in [4.78, 5) is 122. The van der Waals surface area contributed by atoms with E-state index >= 15 is 0 Å². The molecule has 0 radical (unpaired) electrons. The van der Waals surface area contributed by atoms with Gasteiger partial charge in [0.15, 0.2) is 6.20 Å². The number of piperazine rings is 4. The predicted octanol–water partition coefficient (Wildman–Crippen LogP) is 12.3. The van der Waals surface area contributed by atoms with E-state index in [1.165, 1.54) is 94.8 Å². The van der Waals surface area contributed by atoms with Crippen LogP contribution in [0, 0.1) is 32.9 Å². The molecule has 0 spiro atoms. The summed E-state index contributed by atoms with van der Waals surface area (Å²) in [7, 11) is 0. The van der Waals surface area contributed by atoms with Crippen molar-refractivity contribution >= 4 is 35.4 Å². The van der Waals surface area contributed by atoms with Crippen molar-refractivity contribution in [3.8, 4) is 0 Å². The molecule has 12 heterocycles. The fraction of sp³-hybridized carbons (Fsp3) is 0.336. The van der Waals surface area contributed by atoms with E-state index < -0.39 is 11.8 Å². The second-order valence-electron chi connectivity index (χ2n) is 35.8. The van der Waals surface area contributed by atoms with Gasteiger partial charge in [0.05, 0.1) is 65.6 Å². The van der Waals surface area contributed by atoms with Gasteiger partial charge in [0.1, 0.15) is 12.6 Å². The van der Waals surface area contributed by atoms with E-state index in [9.17, 15) is 34.0 Å². The molecule has 0 saturated carbocycles. The Balaban J connectivity index is 0.000000117. The van der Waals surface area contributed by atoms with E-state index in [0.717, 1.165) is 160 Å². The Kier molecular flexibility index (Phi) is 26.8. The molecule has 4 unspecified atom stereocenters.